The molecule has 0 aromatic carbocycles. The molecule has 0 aliphatic carbocycles. The van der Waals surface area contributed by atoms with Gasteiger partial charge in [0.25, 0.3) is 0 Å². The molecule has 1 aromatic heterocycles. The molecule has 0 unspecified atom stereocenters. The highest BCUT2D eigenvalue weighted by Gasteiger charge is 2.00. The summed E-state index contributed by atoms with van der Waals surface area (Å²) in [4.78, 5) is 7.34. The summed E-state index contributed by atoms with van der Waals surface area (Å²) in [7, 11) is 1.46. The Morgan fingerprint density at radius 1 is 1.75 bits per heavy atom. The van der Waals surface area contributed by atoms with Crippen LogP contribution in [0.5, 0.6) is 0 Å². The van der Waals surface area contributed by atoms with Crippen molar-refractivity contribution in [3.05, 3.63) is 30.1 Å². The molecule has 0 saturated carbocycles. The molecule has 1 rings (SSSR count). The third-order valence-electron chi connectivity index (χ3n) is 1.25. The van der Waals surface area contributed by atoms with E-state index in [0.29, 0.717) is 5.56 Å². The lowest BCUT2D eigenvalue weighted by atomic mass is 10.3. The van der Waals surface area contributed by atoms with Gasteiger partial charge in [-0.25, -0.2) is 0 Å². The number of nitriles is 1. The second kappa shape index (κ2) is 4.09. The standard InChI is InChI=1S/C8H7N3O/c1-12-8(11-6-9)7-3-2-4-10-5-7/h2-5H,1H3/b11-8-. The van der Waals surface area contributed by atoms with E-state index in [1.54, 1.807) is 30.7 Å². The summed E-state index contributed by atoms with van der Waals surface area (Å²) >= 11 is 0. The number of nitrogens with zero attached hydrogens (tertiary/aromatic N) is 3. The van der Waals surface area contributed by atoms with Gasteiger partial charge in [-0.2, -0.15) is 5.26 Å². The van der Waals surface area contributed by atoms with Crippen LogP contribution in [0.3, 0.4) is 0 Å². The van der Waals surface area contributed by atoms with Crippen LogP contribution in [0.4, 0.5) is 0 Å². The fourth-order valence-corrected chi connectivity index (χ4v) is 0.763. The van der Waals surface area contributed by atoms with Crippen LogP contribution in [-0.2, 0) is 4.74 Å². The number of aromatic nitrogens is 1. The van der Waals surface area contributed by atoms with Gasteiger partial charge in [0, 0.05) is 12.4 Å². The monoisotopic (exact) mass is 161 g/mol. The summed E-state index contributed by atoms with van der Waals surface area (Å²) in [6, 6.07) is 3.52. The summed E-state index contributed by atoms with van der Waals surface area (Å²) in [6.07, 6.45) is 4.88. The molecule has 60 valence electrons. The quantitative estimate of drug-likeness (QED) is 0.350. The van der Waals surface area contributed by atoms with E-state index >= 15 is 0 Å². The summed E-state index contributed by atoms with van der Waals surface area (Å²) in [5.41, 5.74) is 0.696. The summed E-state index contributed by atoms with van der Waals surface area (Å²) < 4.78 is 4.86. The van der Waals surface area contributed by atoms with Crippen molar-refractivity contribution in [2.45, 2.75) is 0 Å². The highest BCUT2D eigenvalue weighted by molar-refractivity contribution is 5.94. The molecule has 0 fully saturated rings. The molecule has 4 heteroatoms. The molecule has 0 radical (unpaired) electrons. The van der Waals surface area contributed by atoms with Crippen molar-refractivity contribution < 1.29 is 4.74 Å². The van der Waals surface area contributed by atoms with Crippen LogP contribution >= 0.6 is 0 Å². The molecule has 1 heterocycles. The Labute approximate surface area is 70.1 Å². The zero-order valence-corrected chi connectivity index (χ0v) is 6.56. The minimum Gasteiger partial charge on any atom is -0.480 e. The van der Waals surface area contributed by atoms with Crippen molar-refractivity contribution >= 4 is 5.90 Å². The lowest BCUT2D eigenvalue weighted by Gasteiger charge is -1.99. The first kappa shape index (κ1) is 8.21. The fourth-order valence-electron chi connectivity index (χ4n) is 0.763. The molecule has 0 N–H and O–H groups in total. The molecule has 0 spiro atoms. The van der Waals surface area contributed by atoms with E-state index in [0.717, 1.165) is 0 Å². The van der Waals surface area contributed by atoms with E-state index in [1.165, 1.54) is 7.11 Å². The Morgan fingerprint density at radius 3 is 3.08 bits per heavy atom. The Bertz CT molecular complexity index is 313. The van der Waals surface area contributed by atoms with E-state index in [4.69, 9.17) is 10.00 Å². The van der Waals surface area contributed by atoms with Crippen molar-refractivity contribution in [3.8, 4) is 6.19 Å². The molecule has 0 atom stereocenters. The molecule has 1 aromatic rings. The van der Waals surface area contributed by atoms with Gasteiger partial charge in [-0.15, -0.1) is 4.99 Å². The van der Waals surface area contributed by atoms with Crippen molar-refractivity contribution in [2.75, 3.05) is 7.11 Å². The van der Waals surface area contributed by atoms with E-state index < -0.39 is 0 Å². The van der Waals surface area contributed by atoms with Crippen molar-refractivity contribution in [1.29, 1.82) is 5.26 Å². The van der Waals surface area contributed by atoms with Gasteiger partial charge in [0.1, 0.15) is 0 Å². The summed E-state index contributed by atoms with van der Waals surface area (Å²) in [5, 5.41) is 8.29. The lowest BCUT2D eigenvalue weighted by molar-refractivity contribution is 0.405. The molecule has 0 amide bonds. The molecule has 0 aliphatic heterocycles. The smallest absolute Gasteiger partial charge is 0.232 e. The maximum Gasteiger partial charge on any atom is 0.232 e. The van der Waals surface area contributed by atoms with Gasteiger partial charge >= 0.3 is 0 Å². The highest BCUT2D eigenvalue weighted by Crippen LogP contribution is 1.98. The zero-order valence-electron chi connectivity index (χ0n) is 6.56. The zero-order chi connectivity index (χ0) is 8.81. The Balaban J connectivity index is 2.98. The molecular weight excluding hydrogens is 154 g/mol. The second-order valence-corrected chi connectivity index (χ2v) is 1.96. The topological polar surface area (TPSA) is 58.3 Å². The van der Waals surface area contributed by atoms with E-state index in [1.807, 2.05) is 0 Å². The van der Waals surface area contributed by atoms with Gasteiger partial charge in [-0.05, 0) is 12.1 Å². The van der Waals surface area contributed by atoms with Crippen molar-refractivity contribution in [3.63, 3.8) is 0 Å². The Hall–Kier alpha value is -1.89. The molecular formula is C8H7N3O. The number of pyridine rings is 1. The van der Waals surface area contributed by atoms with Crippen LogP contribution in [0.15, 0.2) is 29.5 Å². The Morgan fingerprint density at radius 2 is 2.58 bits per heavy atom. The van der Waals surface area contributed by atoms with Crippen LogP contribution in [0.1, 0.15) is 5.56 Å². The van der Waals surface area contributed by atoms with Gasteiger partial charge in [0.05, 0.1) is 12.7 Å². The van der Waals surface area contributed by atoms with E-state index in [-0.39, 0.29) is 5.90 Å². The number of methoxy groups -OCH3 is 1. The maximum absolute atomic E-state index is 8.29. The van der Waals surface area contributed by atoms with Crippen LogP contribution < -0.4 is 0 Å². The summed E-state index contributed by atoms with van der Waals surface area (Å²) in [6.45, 7) is 0. The third-order valence-corrected chi connectivity index (χ3v) is 1.25. The van der Waals surface area contributed by atoms with Gasteiger partial charge in [0.2, 0.25) is 12.1 Å². The normalized spacial score (nSPS) is 10.5. The number of rotatable bonds is 1. The van der Waals surface area contributed by atoms with Gasteiger partial charge in [-0.1, -0.05) is 0 Å². The molecule has 0 aliphatic rings. The van der Waals surface area contributed by atoms with Gasteiger partial charge in [-0.3, -0.25) is 4.98 Å². The average molecular weight is 161 g/mol. The first-order valence-electron chi connectivity index (χ1n) is 3.29. The lowest BCUT2D eigenvalue weighted by Crippen LogP contribution is -2.02. The predicted octanol–water partition coefficient (Wildman–Crippen LogP) is 0.956. The maximum atomic E-state index is 8.29. The number of hydrogen-bond acceptors (Lipinski definition) is 4. The molecule has 0 bridgehead atoms. The van der Waals surface area contributed by atoms with Crippen molar-refractivity contribution in [1.82, 2.24) is 4.98 Å². The predicted molar refractivity (Wildman–Crippen MR) is 43.4 cm³/mol. The first-order chi connectivity index (χ1) is 5.88. The largest absolute Gasteiger partial charge is 0.480 e. The van der Waals surface area contributed by atoms with Crippen LogP contribution in [0, 0.1) is 11.5 Å². The van der Waals surface area contributed by atoms with E-state index in [9.17, 15) is 0 Å². The highest BCUT2D eigenvalue weighted by atomic mass is 16.5. The van der Waals surface area contributed by atoms with Gasteiger partial charge < -0.3 is 4.74 Å². The number of ether oxygens (including phenoxy) is 1. The summed E-state index contributed by atoms with van der Waals surface area (Å²) in [5.74, 6) is 0.283. The third kappa shape index (κ3) is 1.80. The molecule has 0 saturated heterocycles. The second-order valence-electron chi connectivity index (χ2n) is 1.96. The van der Waals surface area contributed by atoms with Crippen LogP contribution in [0.2, 0.25) is 0 Å². The minimum atomic E-state index is 0.283. The first-order valence-corrected chi connectivity index (χ1v) is 3.29. The Kier molecular flexibility index (Phi) is 2.79. The van der Waals surface area contributed by atoms with Crippen LogP contribution in [-0.4, -0.2) is 18.0 Å². The average Bonchev–Trinajstić information content (AvgIpc) is 2.15. The SMILES string of the molecule is CO/C(=N\C#N)c1cccnc1. The molecule has 12 heavy (non-hydrogen) atoms. The van der Waals surface area contributed by atoms with Crippen molar-refractivity contribution in [2.24, 2.45) is 4.99 Å². The van der Waals surface area contributed by atoms with E-state index in [2.05, 4.69) is 9.98 Å². The van der Waals surface area contributed by atoms with Crippen LogP contribution in [0.25, 0.3) is 0 Å². The minimum absolute atomic E-state index is 0.283. The number of hydrogen-bond donors (Lipinski definition) is 0. The molecule has 4 nitrogen and oxygen atoms in total. The fraction of sp³-hybridized carbons (Fsp3) is 0.125. The van der Waals surface area contributed by atoms with Gasteiger partial charge in [0.15, 0.2) is 0 Å². The number of aliphatic imine (C=N–C) groups is 1.